The van der Waals surface area contributed by atoms with Crippen LogP contribution in [0.3, 0.4) is 0 Å². The summed E-state index contributed by atoms with van der Waals surface area (Å²) in [5.41, 5.74) is 2.32. The fraction of sp³-hybridized carbons (Fsp3) is 0.300. The van der Waals surface area contributed by atoms with Crippen LogP contribution in [-0.4, -0.2) is 30.1 Å². The van der Waals surface area contributed by atoms with Gasteiger partial charge in [0.15, 0.2) is 0 Å². The number of hydrogen-bond acceptors (Lipinski definition) is 3. The molecule has 1 aliphatic rings. The van der Waals surface area contributed by atoms with Crippen LogP contribution >= 0.6 is 0 Å². The summed E-state index contributed by atoms with van der Waals surface area (Å²) in [4.78, 5) is 14.4. The van der Waals surface area contributed by atoms with E-state index in [2.05, 4.69) is 15.5 Å². The number of nitriles is 1. The van der Waals surface area contributed by atoms with Crippen LogP contribution in [-0.2, 0) is 6.54 Å². The third kappa shape index (κ3) is 5.04. The van der Waals surface area contributed by atoms with Crippen LogP contribution < -0.4 is 10.6 Å². The maximum Gasteiger partial charge on any atom is 0.319 e. The predicted molar refractivity (Wildman–Crippen MR) is 98.0 cm³/mol. The lowest BCUT2D eigenvalue weighted by Crippen LogP contribution is -2.45. The van der Waals surface area contributed by atoms with Crippen LogP contribution in [0.5, 0.6) is 0 Å². The molecule has 1 saturated heterocycles. The van der Waals surface area contributed by atoms with Gasteiger partial charge in [0.05, 0.1) is 11.6 Å². The summed E-state index contributed by atoms with van der Waals surface area (Å²) in [6, 6.07) is 15.3. The highest BCUT2D eigenvalue weighted by atomic mass is 19.1. The monoisotopic (exact) mass is 352 g/mol. The van der Waals surface area contributed by atoms with Gasteiger partial charge in [-0.3, -0.25) is 4.90 Å². The number of nitrogens with zero attached hydrogens (tertiary/aromatic N) is 2. The molecule has 0 spiro atoms. The molecule has 0 aliphatic carbocycles. The Morgan fingerprint density at radius 1 is 1.12 bits per heavy atom. The predicted octanol–water partition coefficient (Wildman–Crippen LogP) is 3.48. The number of carbonyl (C=O) groups is 1. The highest BCUT2D eigenvalue weighted by Gasteiger charge is 2.20. The van der Waals surface area contributed by atoms with Crippen molar-refractivity contribution in [3.8, 4) is 6.07 Å². The first-order valence-electron chi connectivity index (χ1n) is 8.67. The van der Waals surface area contributed by atoms with Gasteiger partial charge in [-0.2, -0.15) is 5.26 Å². The van der Waals surface area contributed by atoms with Gasteiger partial charge in [-0.15, -0.1) is 0 Å². The van der Waals surface area contributed by atoms with E-state index in [4.69, 9.17) is 5.26 Å². The Morgan fingerprint density at radius 2 is 1.77 bits per heavy atom. The topological polar surface area (TPSA) is 68.2 Å². The number of halogens is 1. The van der Waals surface area contributed by atoms with Crippen LogP contribution in [0.4, 0.5) is 14.9 Å². The standard InChI is InChI=1S/C20H21FN4O/c21-17-5-1-16(2-6-17)14-25-11-9-19(10-12-25)24-20(26)23-18-7-3-15(13-22)4-8-18/h1-8,19H,9-12,14H2,(H2,23,24,26). The zero-order chi connectivity index (χ0) is 18.4. The zero-order valence-electron chi connectivity index (χ0n) is 14.4. The maximum absolute atomic E-state index is 13.0. The Bertz CT molecular complexity index is 775. The lowest BCUT2D eigenvalue weighted by atomic mass is 10.0. The van der Waals surface area contributed by atoms with Crippen molar-refractivity contribution in [1.82, 2.24) is 10.2 Å². The van der Waals surface area contributed by atoms with E-state index in [9.17, 15) is 9.18 Å². The molecule has 0 bridgehead atoms. The third-order valence-corrected chi connectivity index (χ3v) is 4.51. The van der Waals surface area contributed by atoms with Crippen molar-refractivity contribution < 1.29 is 9.18 Å². The average Bonchev–Trinajstić information content (AvgIpc) is 2.66. The summed E-state index contributed by atoms with van der Waals surface area (Å²) in [5.74, 6) is -0.218. The number of urea groups is 1. The highest BCUT2D eigenvalue weighted by Crippen LogP contribution is 2.15. The minimum atomic E-state index is -0.230. The van der Waals surface area contributed by atoms with Gasteiger partial charge in [0, 0.05) is 31.4 Å². The van der Waals surface area contributed by atoms with Crippen molar-refractivity contribution in [2.24, 2.45) is 0 Å². The fourth-order valence-corrected chi connectivity index (χ4v) is 3.06. The molecule has 0 saturated carbocycles. The van der Waals surface area contributed by atoms with Gasteiger partial charge < -0.3 is 10.6 Å². The highest BCUT2D eigenvalue weighted by molar-refractivity contribution is 5.89. The second-order valence-corrected chi connectivity index (χ2v) is 6.46. The van der Waals surface area contributed by atoms with Gasteiger partial charge >= 0.3 is 6.03 Å². The SMILES string of the molecule is N#Cc1ccc(NC(=O)NC2CCN(Cc3ccc(F)cc3)CC2)cc1. The number of anilines is 1. The molecule has 2 amide bonds. The Labute approximate surface area is 152 Å². The molecule has 1 fully saturated rings. The first-order valence-corrected chi connectivity index (χ1v) is 8.67. The van der Waals surface area contributed by atoms with E-state index in [1.807, 2.05) is 18.2 Å². The number of benzene rings is 2. The fourth-order valence-electron chi connectivity index (χ4n) is 3.06. The molecule has 2 aromatic carbocycles. The van der Waals surface area contributed by atoms with E-state index < -0.39 is 0 Å². The second kappa shape index (κ2) is 8.45. The first-order chi connectivity index (χ1) is 12.6. The summed E-state index contributed by atoms with van der Waals surface area (Å²) in [5, 5.41) is 14.6. The van der Waals surface area contributed by atoms with Crippen molar-refractivity contribution in [2.75, 3.05) is 18.4 Å². The molecule has 5 nitrogen and oxygen atoms in total. The van der Waals surface area contributed by atoms with Crippen LogP contribution in [0, 0.1) is 17.1 Å². The minimum absolute atomic E-state index is 0.137. The van der Waals surface area contributed by atoms with Crippen molar-refractivity contribution in [2.45, 2.75) is 25.4 Å². The molecule has 134 valence electrons. The molecule has 26 heavy (non-hydrogen) atoms. The number of rotatable bonds is 4. The van der Waals surface area contributed by atoms with Crippen LogP contribution in [0.1, 0.15) is 24.0 Å². The summed E-state index contributed by atoms with van der Waals surface area (Å²) < 4.78 is 13.0. The van der Waals surface area contributed by atoms with E-state index in [1.165, 1.54) is 12.1 Å². The van der Waals surface area contributed by atoms with Gasteiger partial charge in [-0.25, -0.2) is 9.18 Å². The lowest BCUT2D eigenvalue weighted by Gasteiger charge is -2.32. The second-order valence-electron chi connectivity index (χ2n) is 6.46. The van der Waals surface area contributed by atoms with Gasteiger partial charge in [0.25, 0.3) is 0 Å². The smallest absolute Gasteiger partial charge is 0.319 e. The number of nitrogens with one attached hydrogen (secondary N) is 2. The Morgan fingerprint density at radius 3 is 2.38 bits per heavy atom. The Hall–Kier alpha value is -2.91. The van der Waals surface area contributed by atoms with Gasteiger partial charge in [0.1, 0.15) is 5.82 Å². The molecule has 0 radical (unpaired) electrons. The molecule has 1 heterocycles. The third-order valence-electron chi connectivity index (χ3n) is 4.51. The van der Waals surface area contributed by atoms with Crippen molar-refractivity contribution in [3.63, 3.8) is 0 Å². The number of hydrogen-bond donors (Lipinski definition) is 2. The summed E-state index contributed by atoms with van der Waals surface area (Å²) >= 11 is 0. The van der Waals surface area contributed by atoms with E-state index in [1.54, 1.807) is 24.3 Å². The molecular weight excluding hydrogens is 331 g/mol. The van der Waals surface area contributed by atoms with Gasteiger partial charge in [-0.05, 0) is 54.8 Å². The Balaban J connectivity index is 1.42. The molecular formula is C20H21FN4O. The molecule has 3 rings (SSSR count). The first kappa shape index (κ1) is 17.9. The van der Waals surface area contributed by atoms with Crippen LogP contribution in [0.2, 0.25) is 0 Å². The zero-order valence-corrected chi connectivity index (χ0v) is 14.4. The minimum Gasteiger partial charge on any atom is -0.335 e. The Kier molecular flexibility index (Phi) is 5.82. The molecule has 6 heteroatoms. The quantitative estimate of drug-likeness (QED) is 0.885. The summed E-state index contributed by atoms with van der Waals surface area (Å²) in [7, 11) is 0. The van der Waals surface area contributed by atoms with E-state index in [0.717, 1.165) is 38.0 Å². The maximum atomic E-state index is 13.0. The van der Waals surface area contributed by atoms with Crippen LogP contribution in [0.15, 0.2) is 48.5 Å². The average molecular weight is 352 g/mol. The van der Waals surface area contributed by atoms with Crippen molar-refractivity contribution >= 4 is 11.7 Å². The number of likely N-dealkylation sites (tertiary alicyclic amines) is 1. The molecule has 1 aliphatic heterocycles. The molecule has 2 N–H and O–H groups in total. The van der Waals surface area contributed by atoms with E-state index in [-0.39, 0.29) is 17.9 Å². The van der Waals surface area contributed by atoms with Crippen LogP contribution in [0.25, 0.3) is 0 Å². The summed E-state index contributed by atoms with van der Waals surface area (Å²) in [6.07, 6.45) is 1.75. The molecule has 0 aromatic heterocycles. The number of carbonyl (C=O) groups excluding carboxylic acids is 1. The van der Waals surface area contributed by atoms with Gasteiger partial charge in [-0.1, -0.05) is 12.1 Å². The normalized spacial score (nSPS) is 15.2. The molecule has 2 aromatic rings. The largest absolute Gasteiger partial charge is 0.335 e. The molecule has 0 atom stereocenters. The summed E-state index contributed by atoms with van der Waals surface area (Å²) in [6.45, 7) is 2.57. The number of amides is 2. The van der Waals surface area contributed by atoms with E-state index in [0.29, 0.717) is 11.3 Å². The van der Waals surface area contributed by atoms with E-state index >= 15 is 0 Å². The van der Waals surface area contributed by atoms with Crippen molar-refractivity contribution in [1.29, 1.82) is 5.26 Å². The lowest BCUT2D eigenvalue weighted by molar-refractivity contribution is 0.190. The number of piperidine rings is 1. The molecule has 0 unspecified atom stereocenters. The van der Waals surface area contributed by atoms with Crippen molar-refractivity contribution in [3.05, 3.63) is 65.5 Å². The van der Waals surface area contributed by atoms with Gasteiger partial charge in [0.2, 0.25) is 0 Å².